The Labute approximate surface area is 194 Å². The first-order valence-electron chi connectivity index (χ1n) is 11.1. The fraction of sp³-hybridized carbons (Fsp3) is 0.259. The number of amides is 1. The number of para-hydroxylation sites is 2. The molecule has 33 heavy (non-hydrogen) atoms. The molecule has 3 aromatic carbocycles. The van der Waals surface area contributed by atoms with Gasteiger partial charge in [0, 0.05) is 19.5 Å². The molecule has 0 aliphatic heterocycles. The molecule has 0 aliphatic rings. The van der Waals surface area contributed by atoms with Crippen molar-refractivity contribution >= 4 is 16.9 Å². The Morgan fingerprint density at radius 3 is 2.18 bits per heavy atom. The summed E-state index contributed by atoms with van der Waals surface area (Å²) in [6.45, 7) is 1.35. The van der Waals surface area contributed by atoms with Crippen molar-refractivity contribution in [2.45, 2.75) is 25.8 Å². The Morgan fingerprint density at radius 2 is 1.52 bits per heavy atom. The van der Waals surface area contributed by atoms with Gasteiger partial charge in [-0.25, -0.2) is 4.98 Å². The highest BCUT2D eigenvalue weighted by molar-refractivity contribution is 5.78. The number of carbonyl (C=O) groups is 1. The van der Waals surface area contributed by atoms with Crippen LogP contribution in [-0.2, 0) is 24.2 Å². The molecule has 0 bridgehead atoms. The van der Waals surface area contributed by atoms with Crippen LogP contribution in [0.4, 0.5) is 0 Å². The van der Waals surface area contributed by atoms with Gasteiger partial charge in [-0.15, -0.1) is 0 Å². The maximum Gasteiger partial charge on any atom is 0.224 e. The second-order valence-electron chi connectivity index (χ2n) is 7.93. The monoisotopic (exact) mass is 443 g/mol. The zero-order valence-corrected chi connectivity index (χ0v) is 19.1. The highest BCUT2D eigenvalue weighted by atomic mass is 16.5. The van der Waals surface area contributed by atoms with Crippen molar-refractivity contribution in [2.75, 3.05) is 20.8 Å². The predicted molar refractivity (Wildman–Crippen MR) is 130 cm³/mol. The molecule has 170 valence electrons. The van der Waals surface area contributed by atoms with Crippen LogP contribution >= 0.6 is 0 Å². The van der Waals surface area contributed by atoms with E-state index < -0.39 is 0 Å². The van der Waals surface area contributed by atoms with Crippen LogP contribution in [0.25, 0.3) is 11.0 Å². The normalized spacial score (nSPS) is 10.8. The summed E-state index contributed by atoms with van der Waals surface area (Å²) < 4.78 is 12.7. The number of nitrogens with one attached hydrogen (secondary N) is 1. The summed E-state index contributed by atoms with van der Waals surface area (Å²) in [4.78, 5) is 17.2. The number of rotatable bonds is 10. The number of nitrogens with zero attached hydrogens (tertiary/aromatic N) is 2. The van der Waals surface area contributed by atoms with Crippen LogP contribution in [0.3, 0.4) is 0 Å². The molecule has 0 unspecified atom stereocenters. The van der Waals surface area contributed by atoms with E-state index in [0.717, 1.165) is 53.3 Å². The van der Waals surface area contributed by atoms with Gasteiger partial charge in [0.05, 0.1) is 31.7 Å². The minimum Gasteiger partial charge on any atom is -0.497 e. The van der Waals surface area contributed by atoms with Gasteiger partial charge in [-0.2, -0.15) is 0 Å². The molecular weight excluding hydrogens is 414 g/mol. The Morgan fingerprint density at radius 1 is 0.879 bits per heavy atom. The Bertz CT molecular complexity index is 1200. The van der Waals surface area contributed by atoms with Gasteiger partial charge in [0.25, 0.3) is 0 Å². The third kappa shape index (κ3) is 5.71. The molecule has 1 amide bonds. The van der Waals surface area contributed by atoms with Crippen molar-refractivity contribution in [3.8, 4) is 11.5 Å². The van der Waals surface area contributed by atoms with Crippen LogP contribution < -0.4 is 14.8 Å². The van der Waals surface area contributed by atoms with E-state index in [1.807, 2.05) is 54.6 Å². The molecule has 0 aliphatic carbocycles. The second kappa shape index (κ2) is 10.7. The molecule has 4 rings (SSSR count). The van der Waals surface area contributed by atoms with Crippen LogP contribution in [0.15, 0.2) is 72.8 Å². The third-order valence-corrected chi connectivity index (χ3v) is 5.66. The number of methoxy groups -OCH3 is 2. The summed E-state index contributed by atoms with van der Waals surface area (Å²) in [5, 5.41) is 3.02. The number of hydrogen-bond donors (Lipinski definition) is 1. The topological polar surface area (TPSA) is 65.4 Å². The maximum absolute atomic E-state index is 12.3. The summed E-state index contributed by atoms with van der Waals surface area (Å²) in [7, 11) is 3.30. The van der Waals surface area contributed by atoms with Gasteiger partial charge in [-0.3, -0.25) is 4.79 Å². The fourth-order valence-corrected chi connectivity index (χ4v) is 3.87. The number of benzene rings is 3. The number of ether oxygens (including phenoxy) is 2. The number of aryl methyl sites for hydroxylation is 1. The van der Waals surface area contributed by atoms with Crippen LogP contribution in [0.1, 0.15) is 23.4 Å². The van der Waals surface area contributed by atoms with Crippen molar-refractivity contribution in [3.63, 3.8) is 0 Å². The maximum atomic E-state index is 12.3. The number of carbonyl (C=O) groups excluding carboxylic acids is 1. The molecule has 6 heteroatoms. The Kier molecular flexibility index (Phi) is 7.25. The molecule has 0 fully saturated rings. The summed E-state index contributed by atoms with van der Waals surface area (Å²) >= 11 is 0. The third-order valence-electron chi connectivity index (χ3n) is 5.66. The van der Waals surface area contributed by atoms with Crippen molar-refractivity contribution < 1.29 is 14.3 Å². The molecule has 0 spiro atoms. The quantitative estimate of drug-likeness (QED) is 0.369. The molecular formula is C27H29N3O3. The van der Waals surface area contributed by atoms with Crippen LogP contribution in [-0.4, -0.2) is 36.2 Å². The fourth-order valence-electron chi connectivity index (χ4n) is 3.87. The van der Waals surface area contributed by atoms with Crippen LogP contribution in [0.2, 0.25) is 0 Å². The summed E-state index contributed by atoms with van der Waals surface area (Å²) in [5.41, 5.74) is 4.26. The smallest absolute Gasteiger partial charge is 0.224 e. The van der Waals surface area contributed by atoms with E-state index in [1.54, 1.807) is 14.2 Å². The van der Waals surface area contributed by atoms with E-state index in [-0.39, 0.29) is 5.91 Å². The van der Waals surface area contributed by atoms with Gasteiger partial charge in [0.1, 0.15) is 17.3 Å². The first kappa shape index (κ1) is 22.4. The summed E-state index contributed by atoms with van der Waals surface area (Å²) in [6, 6.07) is 23.9. The lowest BCUT2D eigenvalue weighted by atomic mass is 10.1. The molecule has 0 saturated heterocycles. The van der Waals surface area contributed by atoms with E-state index in [0.29, 0.717) is 13.0 Å². The van der Waals surface area contributed by atoms with Crippen molar-refractivity contribution in [3.05, 3.63) is 89.7 Å². The molecule has 6 nitrogen and oxygen atoms in total. The number of aromatic nitrogens is 2. The molecule has 1 aromatic heterocycles. The minimum atomic E-state index is 0.0203. The van der Waals surface area contributed by atoms with E-state index in [1.165, 1.54) is 5.56 Å². The standard InChI is InChI=1S/C27H29N3O3/c1-32-22-13-9-20(10-14-22)18-27(31)28-17-5-8-26-29-24-6-3-4-7-25(24)30(26)19-21-11-15-23(33-2)16-12-21/h3-4,6-7,9-16H,5,8,17-19H2,1-2H3,(H,28,31). The average Bonchev–Trinajstić information content (AvgIpc) is 3.20. The summed E-state index contributed by atoms with van der Waals surface area (Å²) in [5.74, 6) is 2.68. The van der Waals surface area contributed by atoms with E-state index >= 15 is 0 Å². The molecule has 1 heterocycles. The Balaban J connectivity index is 1.36. The largest absolute Gasteiger partial charge is 0.497 e. The average molecular weight is 444 g/mol. The molecule has 0 radical (unpaired) electrons. The predicted octanol–water partition coefficient (Wildman–Crippen LogP) is 4.39. The molecule has 0 atom stereocenters. The lowest BCUT2D eigenvalue weighted by Crippen LogP contribution is -2.26. The molecule has 1 N–H and O–H groups in total. The van der Waals surface area contributed by atoms with Crippen molar-refractivity contribution in [1.82, 2.24) is 14.9 Å². The molecule has 0 saturated carbocycles. The first-order valence-corrected chi connectivity index (χ1v) is 11.1. The van der Waals surface area contributed by atoms with Gasteiger partial charge in [-0.1, -0.05) is 36.4 Å². The zero-order valence-electron chi connectivity index (χ0n) is 19.1. The van der Waals surface area contributed by atoms with E-state index in [4.69, 9.17) is 14.5 Å². The van der Waals surface area contributed by atoms with Gasteiger partial charge in [0.2, 0.25) is 5.91 Å². The van der Waals surface area contributed by atoms with Crippen molar-refractivity contribution in [1.29, 1.82) is 0 Å². The van der Waals surface area contributed by atoms with Crippen LogP contribution in [0.5, 0.6) is 11.5 Å². The highest BCUT2D eigenvalue weighted by Gasteiger charge is 2.11. The first-order chi connectivity index (χ1) is 16.2. The summed E-state index contributed by atoms with van der Waals surface area (Å²) in [6.07, 6.45) is 1.97. The molecule has 4 aromatic rings. The zero-order chi connectivity index (χ0) is 23.0. The lowest BCUT2D eigenvalue weighted by Gasteiger charge is -2.11. The van der Waals surface area contributed by atoms with E-state index in [9.17, 15) is 4.79 Å². The SMILES string of the molecule is COc1ccc(CC(=O)NCCCc2nc3ccccc3n2Cc2ccc(OC)cc2)cc1. The van der Waals surface area contributed by atoms with Gasteiger partial charge >= 0.3 is 0 Å². The van der Waals surface area contributed by atoms with Gasteiger partial charge in [0.15, 0.2) is 0 Å². The lowest BCUT2D eigenvalue weighted by molar-refractivity contribution is -0.120. The highest BCUT2D eigenvalue weighted by Crippen LogP contribution is 2.20. The second-order valence-corrected chi connectivity index (χ2v) is 7.93. The van der Waals surface area contributed by atoms with Crippen molar-refractivity contribution in [2.24, 2.45) is 0 Å². The van der Waals surface area contributed by atoms with Gasteiger partial charge < -0.3 is 19.4 Å². The van der Waals surface area contributed by atoms with Gasteiger partial charge in [-0.05, 0) is 53.9 Å². The minimum absolute atomic E-state index is 0.0203. The van der Waals surface area contributed by atoms with E-state index in [2.05, 4.69) is 28.1 Å². The number of imidazole rings is 1. The Hall–Kier alpha value is -3.80. The van der Waals surface area contributed by atoms with Crippen LogP contribution in [0, 0.1) is 0 Å². The number of fused-ring (bicyclic) bond motifs is 1. The number of hydrogen-bond acceptors (Lipinski definition) is 4.